The van der Waals surface area contributed by atoms with Crippen LogP contribution < -0.4 is 0 Å². The largest absolute Gasteiger partial charge is 0.346 e. The van der Waals surface area contributed by atoms with Gasteiger partial charge in [-0.05, 0) is 18.8 Å². The average Bonchev–Trinajstić information content (AvgIpc) is 2.73. The first-order chi connectivity index (χ1) is 5.61. The van der Waals surface area contributed by atoms with Crippen LogP contribution in [0, 0.1) is 5.92 Å². The fraction of sp³-hybridized carbons (Fsp3) is 0.900. The third kappa shape index (κ3) is 6.20. The molecule has 1 fully saturated rings. The maximum Gasteiger partial charge on any atom is 0.219 e. The van der Waals surface area contributed by atoms with Gasteiger partial charge in [0.05, 0.1) is 0 Å². The highest BCUT2D eigenvalue weighted by Crippen LogP contribution is 2.29. The first kappa shape index (κ1) is 11.5. The summed E-state index contributed by atoms with van der Waals surface area (Å²) in [6.07, 6.45) is 3.88. The van der Waals surface area contributed by atoms with Gasteiger partial charge in [0.25, 0.3) is 0 Å². The van der Waals surface area contributed by atoms with Gasteiger partial charge in [-0.25, -0.2) is 0 Å². The minimum absolute atomic E-state index is 0.182. The summed E-state index contributed by atoms with van der Waals surface area (Å²) in [5.41, 5.74) is 0. The molecule has 0 aliphatic heterocycles. The van der Waals surface area contributed by atoms with E-state index in [0.29, 0.717) is 0 Å². The summed E-state index contributed by atoms with van der Waals surface area (Å²) >= 11 is 0. The van der Waals surface area contributed by atoms with Gasteiger partial charge in [-0.15, -0.1) is 0 Å². The van der Waals surface area contributed by atoms with Crippen LogP contribution in [0.4, 0.5) is 0 Å². The van der Waals surface area contributed by atoms with Crippen molar-refractivity contribution in [3.8, 4) is 0 Å². The van der Waals surface area contributed by atoms with Crippen molar-refractivity contribution < 1.29 is 4.79 Å². The molecule has 0 aromatic rings. The highest BCUT2D eigenvalue weighted by atomic mass is 16.2. The van der Waals surface area contributed by atoms with E-state index in [0.717, 1.165) is 12.5 Å². The van der Waals surface area contributed by atoms with E-state index in [1.165, 1.54) is 19.3 Å². The zero-order valence-electron chi connectivity index (χ0n) is 8.76. The Labute approximate surface area is 75.9 Å². The SMILES string of the molecule is CC(=O)N(C)CC1CC1.CCC. The Morgan fingerprint density at radius 2 is 1.83 bits per heavy atom. The number of rotatable bonds is 2. The topological polar surface area (TPSA) is 20.3 Å². The van der Waals surface area contributed by atoms with Crippen molar-refractivity contribution in [3.05, 3.63) is 0 Å². The van der Waals surface area contributed by atoms with Gasteiger partial charge >= 0.3 is 0 Å². The van der Waals surface area contributed by atoms with Gasteiger partial charge in [-0.1, -0.05) is 20.3 Å². The molecule has 0 bridgehead atoms. The molecule has 0 saturated heterocycles. The van der Waals surface area contributed by atoms with Gasteiger partial charge in [0, 0.05) is 20.5 Å². The molecule has 0 heterocycles. The molecule has 0 radical (unpaired) electrons. The quantitative estimate of drug-likeness (QED) is 0.624. The van der Waals surface area contributed by atoms with Crippen LogP contribution in [0.1, 0.15) is 40.0 Å². The molecule has 1 rings (SSSR count). The molecule has 1 aliphatic carbocycles. The van der Waals surface area contributed by atoms with Gasteiger partial charge in [0.15, 0.2) is 0 Å². The van der Waals surface area contributed by atoms with Crippen LogP contribution in [0.25, 0.3) is 0 Å². The van der Waals surface area contributed by atoms with E-state index in [1.807, 2.05) is 7.05 Å². The molecule has 0 N–H and O–H groups in total. The Morgan fingerprint density at radius 1 is 1.42 bits per heavy atom. The monoisotopic (exact) mass is 171 g/mol. The Balaban J connectivity index is 0.000000354. The van der Waals surface area contributed by atoms with Crippen molar-refractivity contribution in [1.82, 2.24) is 4.90 Å². The van der Waals surface area contributed by atoms with Crippen molar-refractivity contribution in [2.45, 2.75) is 40.0 Å². The lowest BCUT2D eigenvalue weighted by Gasteiger charge is -2.12. The molecule has 0 unspecified atom stereocenters. The molecular weight excluding hydrogens is 150 g/mol. The Bertz CT molecular complexity index is 130. The van der Waals surface area contributed by atoms with E-state index < -0.39 is 0 Å². The van der Waals surface area contributed by atoms with Gasteiger partial charge < -0.3 is 4.90 Å². The van der Waals surface area contributed by atoms with Crippen molar-refractivity contribution in [3.63, 3.8) is 0 Å². The van der Waals surface area contributed by atoms with Crippen LogP contribution in [-0.4, -0.2) is 24.4 Å². The number of carbonyl (C=O) groups excluding carboxylic acids is 1. The first-order valence-electron chi connectivity index (χ1n) is 4.83. The van der Waals surface area contributed by atoms with Crippen LogP contribution in [0.2, 0.25) is 0 Å². The Morgan fingerprint density at radius 3 is 2.08 bits per heavy atom. The Hall–Kier alpha value is -0.530. The third-order valence-corrected chi connectivity index (χ3v) is 1.77. The summed E-state index contributed by atoms with van der Waals surface area (Å²) in [6.45, 7) is 6.83. The molecule has 2 nitrogen and oxygen atoms in total. The second-order valence-electron chi connectivity index (χ2n) is 3.55. The van der Waals surface area contributed by atoms with E-state index in [-0.39, 0.29) is 5.91 Å². The summed E-state index contributed by atoms with van der Waals surface area (Å²) in [5, 5.41) is 0. The minimum Gasteiger partial charge on any atom is -0.346 e. The standard InChI is InChI=1S/C7H13NO.C3H8/c1-6(9)8(2)5-7-3-4-7;1-3-2/h7H,3-5H2,1-2H3;3H2,1-2H3. The molecule has 0 aromatic carbocycles. The Kier molecular flexibility index (Phi) is 5.77. The first-order valence-corrected chi connectivity index (χ1v) is 4.83. The smallest absolute Gasteiger partial charge is 0.219 e. The lowest BCUT2D eigenvalue weighted by atomic mass is 10.4. The number of amides is 1. The predicted octanol–water partition coefficient (Wildman–Crippen LogP) is 2.29. The lowest BCUT2D eigenvalue weighted by molar-refractivity contribution is -0.127. The van der Waals surface area contributed by atoms with Crippen molar-refractivity contribution in [2.24, 2.45) is 5.92 Å². The fourth-order valence-corrected chi connectivity index (χ4v) is 0.816. The van der Waals surface area contributed by atoms with Gasteiger partial charge in [0.2, 0.25) is 5.91 Å². The maximum absolute atomic E-state index is 10.6. The zero-order valence-corrected chi connectivity index (χ0v) is 8.76. The number of carbonyl (C=O) groups is 1. The molecule has 0 atom stereocenters. The van der Waals surface area contributed by atoms with Gasteiger partial charge in [-0.3, -0.25) is 4.79 Å². The lowest BCUT2D eigenvalue weighted by Crippen LogP contribution is -2.25. The predicted molar refractivity (Wildman–Crippen MR) is 52.0 cm³/mol. The van der Waals surface area contributed by atoms with E-state index in [2.05, 4.69) is 13.8 Å². The van der Waals surface area contributed by atoms with Crippen molar-refractivity contribution >= 4 is 5.91 Å². The summed E-state index contributed by atoms with van der Waals surface area (Å²) in [4.78, 5) is 12.4. The second kappa shape index (κ2) is 6.04. The number of hydrogen-bond donors (Lipinski definition) is 0. The molecule has 1 saturated carbocycles. The third-order valence-electron chi connectivity index (χ3n) is 1.77. The van der Waals surface area contributed by atoms with Gasteiger partial charge in [-0.2, -0.15) is 0 Å². The molecule has 1 aliphatic rings. The summed E-state index contributed by atoms with van der Waals surface area (Å²) < 4.78 is 0. The van der Waals surface area contributed by atoms with E-state index in [9.17, 15) is 4.79 Å². The van der Waals surface area contributed by atoms with E-state index in [1.54, 1.807) is 11.8 Å². The minimum atomic E-state index is 0.182. The molecule has 0 aromatic heterocycles. The average molecular weight is 171 g/mol. The van der Waals surface area contributed by atoms with Crippen molar-refractivity contribution in [1.29, 1.82) is 0 Å². The summed E-state index contributed by atoms with van der Waals surface area (Å²) in [7, 11) is 1.86. The van der Waals surface area contributed by atoms with Crippen LogP contribution in [0.5, 0.6) is 0 Å². The molecule has 1 amide bonds. The molecule has 2 heteroatoms. The van der Waals surface area contributed by atoms with Crippen LogP contribution >= 0.6 is 0 Å². The molecule has 12 heavy (non-hydrogen) atoms. The van der Waals surface area contributed by atoms with Crippen LogP contribution in [-0.2, 0) is 4.79 Å². The summed E-state index contributed by atoms with van der Waals surface area (Å²) in [5.74, 6) is 1.00. The highest BCUT2D eigenvalue weighted by Gasteiger charge is 2.23. The van der Waals surface area contributed by atoms with Crippen molar-refractivity contribution in [2.75, 3.05) is 13.6 Å². The summed E-state index contributed by atoms with van der Waals surface area (Å²) in [6, 6.07) is 0. The maximum atomic E-state index is 10.6. The number of hydrogen-bond acceptors (Lipinski definition) is 1. The highest BCUT2D eigenvalue weighted by molar-refractivity contribution is 5.72. The normalized spacial score (nSPS) is 14.7. The van der Waals surface area contributed by atoms with E-state index >= 15 is 0 Å². The second-order valence-corrected chi connectivity index (χ2v) is 3.55. The fourth-order valence-electron chi connectivity index (χ4n) is 0.816. The zero-order chi connectivity index (χ0) is 9.56. The van der Waals surface area contributed by atoms with Crippen LogP contribution in [0.15, 0.2) is 0 Å². The van der Waals surface area contributed by atoms with Gasteiger partial charge in [0.1, 0.15) is 0 Å². The molecule has 0 spiro atoms. The van der Waals surface area contributed by atoms with E-state index in [4.69, 9.17) is 0 Å². The molecule has 72 valence electrons. The van der Waals surface area contributed by atoms with Crippen LogP contribution in [0.3, 0.4) is 0 Å². The molecular formula is C10H21NO. The number of nitrogens with zero attached hydrogens (tertiary/aromatic N) is 1.